The maximum atomic E-state index is 13.3. The number of sulfonamides is 1. The number of carbonyl (C=O) groups excluding carboxylic acids is 1. The summed E-state index contributed by atoms with van der Waals surface area (Å²) < 4.78 is 38.4. The number of nitrogens with zero attached hydrogens (tertiary/aromatic N) is 1. The van der Waals surface area contributed by atoms with Crippen LogP contribution in [-0.2, 0) is 21.4 Å². The quantitative estimate of drug-likeness (QED) is 0.474. The van der Waals surface area contributed by atoms with Gasteiger partial charge in [-0.3, -0.25) is 4.79 Å². The van der Waals surface area contributed by atoms with Gasteiger partial charge in [-0.15, -0.1) is 0 Å². The van der Waals surface area contributed by atoms with Crippen molar-refractivity contribution < 1.29 is 22.4 Å². The van der Waals surface area contributed by atoms with Crippen LogP contribution in [-0.4, -0.2) is 38.3 Å². The molecule has 2 aromatic carbocycles. The van der Waals surface area contributed by atoms with Crippen LogP contribution < -0.4 is 10.1 Å². The predicted molar refractivity (Wildman–Crippen MR) is 122 cm³/mol. The topological polar surface area (TPSA) is 88.9 Å². The van der Waals surface area contributed by atoms with Gasteiger partial charge < -0.3 is 14.5 Å². The van der Waals surface area contributed by atoms with Crippen LogP contribution in [0.15, 0.2) is 82.3 Å². The van der Waals surface area contributed by atoms with E-state index in [0.717, 1.165) is 9.87 Å². The Kier molecular flexibility index (Phi) is 8.08. The summed E-state index contributed by atoms with van der Waals surface area (Å²) in [6.07, 6.45) is 1.47. The zero-order valence-electron chi connectivity index (χ0n) is 18.2. The molecule has 1 unspecified atom stereocenters. The summed E-state index contributed by atoms with van der Waals surface area (Å²) in [6.45, 7) is 4.38. The van der Waals surface area contributed by atoms with Gasteiger partial charge in [-0.05, 0) is 54.8 Å². The maximum absolute atomic E-state index is 13.3. The molecule has 0 saturated carbocycles. The van der Waals surface area contributed by atoms with Crippen molar-refractivity contribution in [1.29, 1.82) is 0 Å². The van der Waals surface area contributed by atoms with Gasteiger partial charge in [0.25, 0.3) is 0 Å². The predicted octanol–water partition coefficient (Wildman–Crippen LogP) is 3.79. The summed E-state index contributed by atoms with van der Waals surface area (Å²) in [5.74, 6) is 0.747. The largest absolute Gasteiger partial charge is 0.494 e. The first-order valence-corrected chi connectivity index (χ1v) is 11.9. The third-order valence-corrected chi connectivity index (χ3v) is 6.78. The number of rotatable bonds is 11. The van der Waals surface area contributed by atoms with Crippen molar-refractivity contribution in [2.75, 3.05) is 19.7 Å². The second kappa shape index (κ2) is 11.0. The normalized spacial score (nSPS) is 12.5. The van der Waals surface area contributed by atoms with E-state index in [1.54, 1.807) is 24.3 Å². The summed E-state index contributed by atoms with van der Waals surface area (Å²) in [5, 5.41) is 2.84. The fourth-order valence-electron chi connectivity index (χ4n) is 3.21. The van der Waals surface area contributed by atoms with Crippen molar-refractivity contribution in [3.8, 4) is 5.75 Å². The second-order valence-electron chi connectivity index (χ2n) is 7.37. The lowest BCUT2D eigenvalue weighted by Crippen LogP contribution is -2.41. The minimum Gasteiger partial charge on any atom is -0.494 e. The molecule has 8 heteroatoms. The zero-order valence-corrected chi connectivity index (χ0v) is 19.0. The number of benzene rings is 2. The molecule has 1 N–H and O–H groups in total. The number of carbonyl (C=O) groups is 1. The highest BCUT2D eigenvalue weighted by molar-refractivity contribution is 7.89. The highest BCUT2D eigenvalue weighted by Gasteiger charge is 2.28. The van der Waals surface area contributed by atoms with E-state index in [4.69, 9.17) is 9.15 Å². The van der Waals surface area contributed by atoms with E-state index < -0.39 is 10.0 Å². The third kappa shape index (κ3) is 6.21. The maximum Gasteiger partial charge on any atom is 0.243 e. The Bertz CT molecular complexity index is 1080. The van der Waals surface area contributed by atoms with Crippen molar-refractivity contribution in [2.45, 2.75) is 31.2 Å². The first-order chi connectivity index (χ1) is 15.4. The lowest BCUT2D eigenvalue weighted by atomic mass is 10.0. The van der Waals surface area contributed by atoms with Crippen molar-refractivity contribution >= 4 is 15.9 Å². The van der Waals surface area contributed by atoms with Crippen LogP contribution in [0.4, 0.5) is 0 Å². The average molecular weight is 457 g/mol. The van der Waals surface area contributed by atoms with Gasteiger partial charge in [0.15, 0.2) is 0 Å². The van der Waals surface area contributed by atoms with Crippen molar-refractivity contribution in [3.63, 3.8) is 0 Å². The van der Waals surface area contributed by atoms with Gasteiger partial charge in [-0.2, -0.15) is 4.31 Å². The molecular formula is C24H28N2O5S. The minimum absolute atomic E-state index is 0.0514. The molecule has 0 aliphatic carbocycles. The second-order valence-corrected chi connectivity index (χ2v) is 9.31. The van der Waals surface area contributed by atoms with Gasteiger partial charge in [0.05, 0.1) is 30.9 Å². The number of amides is 1. The molecule has 0 saturated heterocycles. The van der Waals surface area contributed by atoms with Crippen molar-refractivity contribution in [2.24, 2.45) is 0 Å². The van der Waals surface area contributed by atoms with E-state index in [2.05, 4.69) is 5.32 Å². The lowest BCUT2D eigenvalue weighted by molar-refractivity contribution is -0.121. The standard InChI is InChI=1S/C24H28N2O5S/c1-3-30-21-11-13-23(14-12-21)32(28,29)26(17-22-10-7-15-31-22)18-24(27)25-16-19(2)20-8-5-4-6-9-20/h4-15,19H,3,16-18H2,1-2H3,(H,25,27). The monoisotopic (exact) mass is 456 g/mol. The molecule has 170 valence electrons. The average Bonchev–Trinajstić information content (AvgIpc) is 3.31. The number of nitrogens with one attached hydrogen (secondary N) is 1. The zero-order chi connectivity index (χ0) is 23.0. The molecule has 1 atom stereocenters. The van der Waals surface area contributed by atoms with Gasteiger partial charge >= 0.3 is 0 Å². The van der Waals surface area contributed by atoms with Crippen LogP contribution in [0, 0.1) is 0 Å². The van der Waals surface area contributed by atoms with Gasteiger partial charge in [-0.1, -0.05) is 37.3 Å². The number of hydrogen-bond donors (Lipinski definition) is 1. The van der Waals surface area contributed by atoms with Crippen molar-refractivity contribution in [1.82, 2.24) is 9.62 Å². The Labute approximate surface area is 189 Å². The molecule has 1 aromatic heterocycles. The molecular weight excluding hydrogens is 428 g/mol. The molecule has 3 rings (SSSR count). The van der Waals surface area contributed by atoms with Gasteiger partial charge in [0.2, 0.25) is 15.9 Å². The van der Waals surface area contributed by atoms with E-state index in [-0.39, 0.29) is 29.8 Å². The van der Waals surface area contributed by atoms with E-state index in [0.29, 0.717) is 24.7 Å². The molecule has 1 amide bonds. The van der Waals surface area contributed by atoms with E-state index in [1.807, 2.05) is 44.2 Å². The number of hydrogen-bond acceptors (Lipinski definition) is 5. The third-order valence-electron chi connectivity index (χ3n) is 4.98. The number of furan rings is 1. The van der Waals surface area contributed by atoms with Crippen molar-refractivity contribution in [3.05, 3.63) is 84.3 Å². The molecule has 0 radical (unpaired) electrons. The fourth-order valence-corrected chi connectivity index (χ4v) is 4.57. The summed E-state index contributed by atoms with van der Waals surface area (Å²) in [7, 11) is -3.94. The molecule has 0 fully saturated rings. The summed E-state index contributed by atoms with van der Waals surface area (Å²) in [6, 6.07) is 19.3. The highest BCUT2D eigenvalue weighted by atomic mass is 32.2. The molecule has 3 aromatic rings. The van der Waals surface area contributed by atoms with Gasteiger partial charge in [0, 0.05) is 6.54 Å². The fraction of sp³-hybridized carbons (Fsp3) is 0.292. The SMILES string of the molecule is CCOc1ccc(S(=O)(=O)N(CC(=O)NCC(C)c2ccccc2)Cc2ccco2)cc1. The van der Waals surface area contributed by atoms with Crippen LogP contribution in [0.3, 0.4) is 0 Å². The molecule has 1 heterocycles. The van der Waals surface area contributed by atoms with Crippen LogP contribution >= 0.6 is 0 Å². The number of ether oxygens (including phenoxy) is 1. The van der Waals surface area contributed by atoms with Crippen LogP contribution in [0.25, 0.3) is 0 Å². The molecule has 7 nitrogen and oxygen atoms in total. The Balaban J connectivity index is 1.72. The molecule has 32 heavy (non-hydrogen) atoms. The Morgan fingerprint density at radius 1 is 1.06 bits per heavy atom. The summed E-state index contributed by atoms with van der Waals surface area (Å²) in [4.78, 5) is 12.7. The molecule has 0 aliphatic heterocycles. The van der Waals surface area contributed by atoms with E-state index in [1.165, 1.54) is 18.4 Å². The summed E-state index contributed by atoms with van der Waals surface area (Å²) >= 11 is 0. The summed E-state index contributed by atoms with van der Waals surface area (Å²) in [5.41, 5.74) is 1.10. The van der Waals surface area contributed by atoms with Crippen LogP contribution in [0.2, 0.25) is 0 Å². The van der Waals surface area contributed by atoms with Gasteiger partial charge in [0.1, 0.15) is 11.5 Å². The first-order valence-electron chi connectivity index (χ1n) is 10.5. The van der Waals surface area contributed by atoms with E-state index >= 15 is 0 Å². The first kappa shape index (κ1) is 23.6. The highest BCUT2D eigenvalue weighted by Crippen LogP contribution is 2.22. The Morgan fingerprint density at radius 2 is 1.78 bits per heavy atom. The lowest BCUT2D eigenvalue weighted by Gasteiger charge is -2.22. The molecule has 0 aliphatic rings. The van der Waals surface area contributed by atoms with Crippen LogP contribution in [0.5, 0.6) is 5.75 Å². The Morgan fingerprint density at radius 3 is 2.41 bits per heavy atom. The van der Waals surface area contributed by atoms with E-state index in [9.17, 15) is 13.2 Å². The molecule has 0 spiro atoms. The van der Waals surface area contributed by atoms with Gasteiger partial charge in [-0.25, -0.2) is 8.42 Å². The Hall–Kier alpha value is -3.10. The molecule has 0 bridgehead atoms. The van der Waals surface area contributed by atoms with Crippen LogP contribution in [0.1, 0.15) is 31.1 Å². The smallest absolute Gasteiger partial charge is 0.243 e. The minimum atomic E-state index is -3.94.